The van der Waals surface area contributed by atoms with Crippen molar-refractivity contribution in [3.05, 3.63) is 0 Å². The molecule has 3 N–H and O–H groups in total. The van der Waals surface area contributed by atoms with Crippen molar-refractivity contribution in [1.82, 2.24) is 0 Å². The van der Waals surface area contributed by atoms with E-state index in [9.17, 15) is 20.1 Å². The zero-order valence-electron chi connectivity index (χ0n) is 25.2. The Kier molecular flexibility index (Phi) is 7.29. The Morgan fingerprint density at radius 3 is 2.11 bits per heavy atom. The lowest BCUT2D eigenvalue weighted by atomic mass is 9.35. The highest BCUT2D eigenvalue weighted by atomic mass is 16.5. The van der Waals surface area contributed by atoms with Gasteiger partial charge >= 0.3 is 5.97 Å². The van der Waals surface area contributed by atoms with E-state index in [1.54, 1.807) is 0 Å². The smallest absolute Gasteiger partial charge is 0.302 e. The van der Waals surface area contributed by atoms with Crippen LogP contribution < -0.4 is 0 Å². The largest absolute Gasteiger partial charge is 0.462 e. The number of esters is 1. The van der Waals surface area contributed by atoms with Crippen LogP contribution in [0.3, 0.4) is 0 Å². The molecule has 0 bridgehead atoms. The highest BCUT2D eigenvalue weighted by Gasteiger charge is 2.72. The van der Waals surface area contributed by atoms with Crippen LogP contribution in [0, 0.1) is 45.3 Å². The molecule has 0 amide bonds. The molecule has 4 fully saturated rings. The van der Waals surface area contributed by atoms with Gasteiger partial charge in [0.2, 0.25) is 0 Å². The van der Waals surface area contributed by atoms with Crippen molar-refractivity contribution >= 4 is 5.97 Å². The molecule has 0 aromatic carbocycles. The number of carbonyl (C=O) groups is 1. The molecular formula is C32H56O5. The number of rotatable bonds is 6. The van der Waals surface area contributed by atoms with Gasteiger partial charge in [-0.15, -0.1) is 0 Å². The molecule has 5 heteroatoms. The average molecular weight is 521 g/mol. The average Bonchev–Trinajstić information content (AvgIpc) is 3.12. The first-order valence-corrected chi connectivity index (χ1v) is 15.1. The quantitative estimate of drug-likeness (QED) is 0.360. The van der Waals surface area contributed by atoms with Crippen molar-refractivity contribution in [1.29, 1.82) is 0 Å². The molecule has 10 atom stereocenters. The van der Waals surface area contributed by atoms with Crippen molar-refractivity contribution in [2.45, 2.75) is 150 Å². The molecule has 0 aromatic rings. The van der Waals surface area contributed by atoms with E-state index in [-0.39, 0.29) is 51.7 Å². The number of ether oxygens (including phenoxy) is 1. The van der Waals surface area contributed by atoms with Crippen LogP contribution in [0.1, 0.15) is 127 Å². The van der Waals surface area contributed by atoms with Crippen LogP contribution in [0.25, 0.3) is 0 Å². The van der Waals surface area contributed by atoms with E-state index in [1.165, 1.54) is 6.92 Å². The summed E-state index contributed by atoms with van der Waals surface area (Å²) in [5.41, 5.74) is -1.57. The maximum absolute atomic E-state index is 12.4. The summed E-state index contributed by atoms with van der Waals surface area (Å²) >= 11 is 0. The number of carbonyl (C=O) groups excluding carboxylic acids is 1. The Labute approximate surface area is 226 Å². The van der Waals surface area contributed by atoms with Gasteiger partial charge in [-0.3, -0.25) is 4.79 Å². The molecule has 5 nitrogen and oxygen atoms in total. The topological polar surface area (TPSA) is 87.0 Å². The highest BCUT2D eigenvalue weighted by Crippen LogP contribution is 2.76. The molecule has 4 aliphatic rings. The van der Waals surface area contributed by atoms with E-state index < -0.39 is 11.2 Å². The molecule has 4 aliphatic carbocycles. The second-order valence-electron chi connectivity index (χ2n) is 15.9. The number of aliphatic hydroxyl groups excluding tert-OH is 1. The first-order chi connectivity index (χ1) is 16.8. The summed E-state index contributed by atoms with van der Waals surface area (Å²) in [6.45, 7) is 19.1. The van der Waals surface area contributed by atoms with E-state index in [0.717, 1.165) is 51.4 Å². The van der Waals surface area contributed by atoms with Gasteiger partial charge in [0.25, 0.3) is 0 Å². The molecule has 0 unspecified atom stereocenters. The molecule has 0 aliphatic heterocycles. The monoisotopic (exact) mass is 520 g/mol. The van der Waals surface area contributed by atoms with Crippen molar-refractivity contribution in [3.8, 4) is 0 Å². The van der Waals surface area contributed by atoms with E-state index >= 15 is 0 Å². The molecular weight excluding hydrogens is 464 g/mol. The molecule has 37 heavy (non-hydrogen) atoms. The van der Waals surface area contributed by atoms with Gasteiger partial charge in [-0.25, -0.2) is 0 Å². The van der Waals surface area contributed by atoms with Gasteiger partial charge in [-0.1, -0.05) is 34.6 Å². The summed E-state index contributed by atoms with van der Waals surface area (Å²) in [5, 5.41) is 33.1. The highest BCUT2D eigenvalue weighted by molar-refractivity contribution is 5.66. The van der Waals surface area contributed by atoms with Crippen LogP contribution in [0.2, 0.25) is 0 Å². The number of aliphatic hydroxyl groups is 3. The molecule has 0 saturated heterocycles. The lowest BCUT2D eigenvalue weighted by molar-refractivity contribution is -0.250. The van der Waals surface area contributed by atoms with Crippen LogP contribution >= 0.6 is 0 Å². The molecule has 0 aromatic heterocycles. The summed E-state index contributed by atoms with van der Waals surface area (Å²) in [5.74, 6) is 0.825. The molecule has 0 radical (unpaired) electrons. The van der Waals surface area contributed by atoms with E-state index in [2.05, 4.69) is 34.6 Å². The van der Waals surface area contributed by atoms with E-state index in [4.69, 9.17) is 4.74 Å². The summed E-state index contributed by atoms with van der Waals surface area (Å²) in [6, 6.07) is 0. The van der Waals surface area contributed by atoms with Crippen molar-refractivity contribution in [2.75, 3.05) is 0 Å². The Morgan fingerprint density at radius 1 is 0.892 bits per heavy atom. The number of hydrogen-bond acceptors (Lipinski definition) is 5. The van der Waals surface area contributed by atoms with Crippen LogP contribution in [0.5, 0.6) is 0 Å². The SMILES string of the molecule is CC(=O)O[C@@H]1C[C@@H]2[C@@]3(C)CC[C@H](O)C(C)(C)[C@@H]3CC[C@@]2(C)[C@]2(C)CC[C@H]([C@](C)(O)CCCC(C)(C)O)[C@@H]12. The first kappa shape index (κ1) is 29.3. The fraction of sp³-hybridized carbons (Fsp3) is 0.969. The summed E-state index contributed by atoms with van der Waals surface area (Å²) in [7, 11) is 0. The minimum atomic E-state index is -0.868. The standard InChI is InChI=1S/C32H56O5/c1-20(33)37-22-19-24-29(6)16-13-25(34)28(4,5)23(29)12-18-30(24,7)31(8)17-11-21(26(22)31)32(9,36)15-10-14-27(2,3)35/h21-26,34-36H,10-19H2,1-9H3/t21-,22+,23-,24+,25-,26-,29-,30+,31+,32+/m0/s1. The van der Waals surface area contributed by atoms with Crippen LogP contribution in [-0.2, 0) is 9.53 Å². The van der Waals surface area contributed by atoms with Crippen LogP contribution in [0.4, 0.5) is 0 Å². The lowest BCUT2D eigenvalue weighted by Crippen LogP contribution is -2.67. The van der Waals surface area contributed by atoms with Gasteiger partial charge < -0.3 is 20.1 Å². The first-order valence-electron chi connectivity index (χ1n) is 15.1. The Morgan fingerprint density at radius 2 is 1.51 bits per heavy atom. The maximum Gasteiger partial charge on any atom is 0.302 e. The predicted molar refractivity (Wildman–Crippen MR) is 147 cm³/mol. The third-order valence-corrected chi connectivity index (χ3v) is 12.9. The number of fused-ring (bicyclic) bond motifs is 5. The fourth-order valence-electron chi connectivity index (χ4n) is 10.8. The van der Waals surface area contributed by atoms with Crippen molar-refractivity contribution < 1.29 is 24.9 Å². The summed E-state index contributed by atoms with van der Waals surface area (Å²) < 4.78 is 6.21. The third-order valence-electron chi connectivity index (χ3n) is 12.9. The van der Waals surface area contributed by atoms with Crippen molar-refractivity contribution in [3.63, 3.8) is 0 Å². The molecule has 4 saturated carbocycles. The van der Waals surface area contributed by atoms with Crippen molar-refractivity contribution in [2.24, 2.45) is 45.3 Å². The second kappa shape index (κ2) is 9.20. The van der Waals surface area contributed by atoms with E-state index in [1.807, 2.05) is 20.8 Å². The van der Waals surface area contributed by atoms with Gasteiger partial charge in [-0.05, 0) is 124 Å². The normalized spacial score (nSPS) is 46.8. The van der Waals surface area contributed by atoms with Gasteiger partial charge in [0.1, 0.15) is 6.10 Å². The maximum atomic E-state index is 12.4. The van der Waals surface area contributed by atoms with Gasteiger partial charge in [0.05, 0.1) is 17.3 Å². The minimum absolute atomic E-state index is 0.0326. The molecule has 0 spiro atoms. The van der Waals surface area contributed by atoms with Gasteiger partial charge in [0, 0.05) is 12.8 Å². The molecule has 4 rings (SSSR count). The van der Waals surface area contributed by atoms with E-state index in [0.29, 0.717) is 24.7 Å². The zero-order valence-corrected chi connectivity index (χ0v) is 25.2. The lowest BCUT2D eigenvalue weighted by Gasteiger charge is -2.70. The Bertz CT molecular complexity index is 873. The van der Waals surface area contributed by atoms with Crippen LogP contribution in [0.15, 0.2) is 0 Å². The minimum Gasteiger partial charge on any atom is -0.462 e. The summed E-state index contributed by atoms with van der Waals surface area (Å²) in [6.07, 6.45) is 8.57. The number of hydrogen-bond donors (Lipinski definition) is 3. The second-order valence-corrected chi connectivity index (χ2v) is 15.9. The van der Waals surface area contributed by atoms with Gasteiger partial charge in [-0.2, -0.15) is 0 Å². The summed E-state index contributed by atoms with van der Waals surface area (Å²) in [4.78, 5) is 12.4. The molecule has 214 valence electrons. The third kappa shape index (κ3) is 4.61. The molecule has 0 heterocycles. The van der Waals surface area contributed by atoms with Gasteiger partial charge in [0.15, 0.2) is 0 Å². The Hall–Kier alpha value is -0.650. The fourth-order valence-corrected chi connectivity index (χ4v) is 10.8. The zero-order chi connectivity index (χ0) is 27.8. The predicted octanol–water partition coefficient (Wildman–Crippen LogP) is 6.27. The Balaban J connectivity index is 1.71. The van der Waals surface area contributed by atoms with Crippen LogP contribution in [-0.4, -0.2) is 44.7 Å².